The number of rotatable bonds is 1. The number of hydrogen-bond acceptors (Lipinski definition) is 5. The lowest BCUT2D eigenvalue weighted by molar-refractivity contribution is 0.0977. The summed E-state index contributed by atoms with van der Waals surface area (Å²) in [7, 11) is 0. The van der Waals surface area contributed by atoms with Crippen LogP contribution in [-0.4, -0.2) is 32.2 Å². The van der Waals surface area contributed by atoms with Gasteiger partial charge in [-0.15, -0.1) is 0 Å². The number of hydrogen-bond donors (Lipinski definition) is 1. The minimum absolute atomic E-state index is 0.0378. The Hall–Kier alpha value is -2.15. The maximum absolute atomic E-state index is 12.6. The van der Waals surface area contributed by atoms with Crippen molar-refractivity contribution >= 4 is 29.1 Å². The van der Waals surface area contributed by atoms with Crippen LogP contribution < -0.4 is 10.6 Å². The molecule has 1 aliphatic heterocycles. The summed E-state index contributed by atoms with van der Waals surface area (Å²) >= 11 is 5.70. The average molecular weight is 293 g/mol. The molecule has 1 aliphatic rings. The Morgan fingerprint density at radius 3 is 3.00 bits per heavy atom. The molecule has 0 saturated carbocycles. The van der Waals surface area contributed by atoms with Crippen LogP contribution in [0.3, 0.4) is 0 Å². The maximum atomic E-state index is 12.6. The van der Waals surface area contributed by atoms with E-state index in [-0.39, 0.29) is 22.6 Å². The smallest absolute Gasteiger partial charge is 0.281 e. The Bertz CT molecular complexity index is 683. The molecule has 2 aromatic rings. The summed E-state index contributed by atoms with van der Waals surface area (Å²) in [5, 5.41) is 4.51. The van der Waals surface area contributed by atoms with Crippen LogP contribution in [0.1, 0.15) is 22.6 Å². The van der Waals surface area contributed by atoms with Gasteiger partial charge in [-0.05, 0) is 13.3 Å². The van der Waals surface area contributed by atoms with E-state index in [1.165, 1.54) is 6.20 Å². The molecule has 104 valence electrons. The number of nitrogen functional groups attached to an aromatic ring is 1. The summed E-state index contributed by atoms with van der Waals surface area (Å²) in [6.07, 6.45) is 2.15. The Morgan fingerprint density at radius 2 is 2.25 bits per heavy atom. The minimum atomic E-state index is -0.285. The Balaban J connectivity index is 1.99. The minimum Gasteiger partial charge on any atom is -0.382 e. The van der Waals surface area contributed by atoms with Crippen LogP contribution in [0.5, 0.6) is 0 Å². The second-order valence-electron chi connectivity index (χ2n) is 4.60. The molecule has 0 bridgehead atoms. The van der Waals surface area contributed by atoms with Crippen LogP contribution in [0.15, 0.2) is 12.3 Å². The molecular weight excluding hydrogens is 280 g/mol. The molecule has 20 heavy (non-hydrogen) atoms. The summed E-state index contributed by atoms with van der Waals surface area (Å²) in [5.74, 6) is 0.512. The van der Waals surface area contributed by atoms with Crippen molar-refractivity contribution in [3.8, 4) is 0 Å². The van der Waals surface area contributed by atoms with Gasteiger partial charge in [0.1, 0.15) is 11.0 Å². The SMILES string of the molecule is Cc1cc2n(n1)CCCN2C(=O)c1ncc(Cl)nc1N. The largest absolute Gasteiger partial charge is 0.382 e. The highest BCUT2D eigenvalue weighted by molar-refractivity contribution is 6.29. The number of carbonyl (C=O) groups is 1. The van der Waals surface area contributed by atoms with E-state index in [9.17, 15) is 4.79 Å². The van der Waals surface area contributed by atoms with Gasteiger partial charge in [0.05, 0.1) is 11.9 Å². The van der Waals surface area contributed by atoms with Gasteiger partial charge in [-0.3, -0.25) is 9.69 Å². The monoisotopic (exact) mass is 292 g/mol. The molecule has 0 radical (unpaired) electrons. The van der Waals surface area contributed by atoms with E-state index in [4.69, 9.17) is 17.3 Å². The molecule has 8 heteroatoms. The van der Waals surface area contributed by atoms with Crippen molar-refractivity contribution in [3.63, 3.8) is 0 Å². The zero-order valence-corrected chi connectivity index (χ0v) is 11.6. The molecule has 0 saturated heterocycles. The van der Waals surface area contributed by atoms with E-state index >= 15 is 0 Å². The highest BCUT2D eigenvalue weighted by atomic mass is 35.5. The first-order valence-electron chi connectivity index (χ1n) is 6.20. The van der Waals surface area contributed by atoms with E-state index < -0.39 is 0 Å². The Kier molecular flexibility index (Phi) is 3.06. The van der Waals surface area contributed by atoms with Crippen LogP contribution >= 0.6 is 11.6 Å². The highest BCUT2D eigenvalue weighted by Crippen LogP contribution is 2.24. The molecule has 7 nitrogen and oxygen atoms in total. The summed E-state index contributed by atoms with van der Waals surface area (Å²) in [6.45, 7) is 3.30. The van der Waals surface area contributed by atoms with E-state index in [0.717, 1.165) is 24.5 Å². The fourth-order valence-electron chi connectivity index (χ4n) is 2.29. The summed E-state index contributed by atoms with van der Waals surface area (Å²) in [4.78, 5) is 22.0. The molecule has 1 amide bonds. The summed E-state index contributed by atoms with van der Waals surface area (Å²) in [6, 6.07) is 1.87. The van der Waals surface area contributed by atoms with E-state index in [1.807, 2.05) is 17.7 Å². The molecule has 0 aromatic carbocycles. The molecular formula is C12H13ClN6O. The number of fused-ring (bicyclic) bond motifs is 1. The molecule has 2 N–H and O–H groups in total. The predicted octanol–water partition coefficient (Wildman–Crippen LogP) is 1.27. The van der Waals surface area contributed by atoms with Crippen molar-refractivity contribution < 1.29 is 4.79 Å². The third-order valence-corrected chi connectivity index (χ3v) is 3.31. The molecule has 0 atom stereocenters. The van der Waals surface area contributed by atoms with Gasteiger partial charge >= 0.3 is 0 Å². The van der Waals surface area contributed by atoms with Gasteiger partial charge in [0.2, 0.25) is 0 Å². The maximum Gasteiger partial charge on any atom is 0.281 e. The quantitative estimate of drug-likeness (QED) is 0.855. The lowest BCUT2D eigenvalue weighted by Crippen LogP contribution is -2.38. The second kappa shape index (κ2) is 4.75. The van der Waals surface area contributed by atoms with Gasteiger partial charge in [0.25, 0.3) is 5.91 Å². The van der Waals surface area contributed by atoms with Crippen LogP contribution in [0, 0.1) is 6.92 Å². The number of aromatic nitrogens is 4. The first kappa shape index (κ1) is 12.9. The van der Waals surface area contributed by atoms with Gasteiger partial charge in [0, 0.05) is 19.2 Å². The highest BCUT2D eigenvalue weighted by Gasteiger charge is 2.27. The number of carbonyl (C=O) groups excluding carboxylic acids is 1. The number of anilines is 2. The zero-order chi connectivity index (χ0) is 14.3. The van der Waals surface area contributed by atoms with Crippen LogP contribution in [0.2, 0.25) is 5.15 Å². The summed E-state index contributed by atoms with van der Waals surface area (Å²) in [5.41, 5.74) is 6.71. The van der Waals surface area contributed by atoms with Gasteiger partial charge in [-0.2, -0.15) is 5.10 Å². The third kappa shape index (κ3) is 2.09. The standard InChI is InChI=1S/C12H13ClN6O/c1-7-5-9-18(3-2-4-19(9)17-7)12(20)10-11(14)16-8(13)6-15-10/h5-6H,2-4H2,1H3,(H2,14,16). The Morgan fingerprint density at radius 1 is 1.45 bits per heavy atom. The number of nitrogens with zero attached hydrogens (tertiary/aromatic N) is 5. The normalized spacial score (nSPS) is 14.2. The predicted molar refractivity (Wildman–Crippen MR) is 74.7 cm³/mol. The van der Waals surface area contributed by atoms with Crippen LogP contribution in [-0.2, 0) is 6.54 Å². The van der Waals surface area contributed by atoms with Gasteiger partial charge < -0.3 is 5.73 Å². The first-order valence-corrected chi connectivity index (χ1v) is 6.58. The second-order valence-corrected chi connectivity index (χ2v) is 4.99. The van der Waals surface area contributed by atoms with E-state index in [0.29, 0.717) is 6.54 Å². The van der Waals surface area contributed by atoms with Crippen molar-refractivity contribution in [1.82, 2.24) is 19.7 Å². The number of aryl methyl sites for hydroxylation is 2. The van der Waals surface area contributed by atoms with Gasteiger partial charge in [-0.25, -0.2) is 14.6 Å². The topological polar surface area (TPSA) is 89.9 Å². The molecule has 0 fully saturated rings. The zero-order valence-electron chi connectivity index (χ0n) is 10.9. The third-order valence-electron chi connectivity index (χ3n) is 3.13. The molecule has 0 unspecified atom stereocenters. The molecule has 0 spiro atoms. The van der Waals surface area contributed by atoms with Crippen molar-refractivity contribution in [2.45, 2.75) is 19.9 Å². The van der Waals surface area contributed by atoms with Crippen LogP contribution in [0.25, 0.3) is 0 Å². The molecule has 2 aromatic heterocycles. The number of halogens is 1. The van der Waals surface area contributed by atoms with Crippen molar-refractivity contribution in [2.75, 3.05) is 17.2 Å². The fraction of sp³-hybridized carbons (Fsp3) is 0.333. The van der Waals surface area contributed by atoms with Crippen LogP contribution in [0.4, 0.5) is 11.6 Å². The van der Waals surface area contributed by atoms with E-state index in [2.05, 4.69) is 15.1 Å². The number of amides is 1. The van der Waals surface area contributed by atoms with E-state index in [1.54, 1.807) is 4.90 Å². The van der Waals surface area contributed by atoms with Crippen molar-refractivity contribution in [2.24, 2.45) is 0 Å². The lowest BCUT2D eigenvalue weighted by atomic mass is 10.2. The van der Waals surface area contributed by atoms with Crippen molar-refractivity contribution in [1.29, 1.82) is 0 Å². The molecule has 3 rings (SSSR count). The van der Waals surface area contributed by atoms with Crippen molar-refractivity contribution in [3.05, 3.63) is 28.8 Å². The summed E-state index contributed by atoms with van der Waals surface area (Å²) < 4.78 is 1.82. The number of nitrogens with two attached hydrogens (primary N) is 1. The Labute approximate surface area is 120 Å². The lowest BCUT2D eigenvalue weighted by Gasteiger charge is -2.27. The first-order chi connectivity index (χ1) is 9.56. The van der Waals surface area contributed by atoms with Gasteiger partial charge in [0.15, 0.2) is 11.5 Å². The average Bonchev–Trinajstić information content (AvgIpc) is 2.77. The molecule has 3 heterocycles. The fourth-order valence-corrected chi connectivity index (χ4v) is 2.43. The molecule has 0 aliphatic carbocycles. The van der Waals surface area contributed by atoms with Gasteiger partial charge in [-0.1, -0.05) is 11.6 Å².